The first-order valence-electron chi connectivity index (χ1n) is 6.25. The van der Waals surface area contributed by atoms with E-state index >= 15 is 0 Å². The molecule has 1 aromatic heterocycles. The number of nitrogens with one attached hydrogen (secondary N) is 1. The van der Waals surface area contributed by atoms with Gasteiger partial charge < -0.3 is 15.8 Å². The van der Waals surface area contributed by atoms with Gasteiger partial charge in [0.2, 0.25) is 0 Å². The number of hydrogen-bond acceptors (Lipinski definition) is 5. The van der Waals surface area contributed by atoms with Crippen LogP contribution < -0.4 is 11.1 Å². The summed E-state index contributed by atoms with van der Waals surface area (Å²) in [7, 11) is 0. The lowest BCUT2D eigenvalue weighted by Crippen LogP contribution is -2.04. The maximum Gasteiger partial charge on any atom is 0.350 e. The van der Waals surface area contributed by atoms with Gasteiger partial charge in [0.25, 0.3) is 0 Å². The molecule has 0 aliphatic heterocycles. The van der Waals surface area contributed by atoms with E-state index in [4.69, 9.17) is 10.5 Å². The average molecular weight is 312 g/mol. The Morgan fingerprint density at radius 1 is 1.33 bits per heavy atom. The van der Waals surface area contributed by atoms with Crippen molar-refractivity contribution in [1.82, 2.24) is 0 Å². The number of carbonyl (C=O) groups is 1. The molecule has 0 radical (unpaired) electrons. The highest BCUT2D eigenvalue weighted by atomic mass is 32.1. The van der Waals surface area contributed by atoms with Gasteiger partial charge in [-0.3, -0.25) is 0 Å². The van der Waals surface area contributed by atoms with Crippen molar-refractivity contribution in [3.05, 3.63) is 46.3 Å². The van der Waals surface area contributed by atoms with Gasteiger partial charge in [0.15, 0.2) is 11.6 Å². The van der Waals surface area contributed by atoms with E-state index in [0.717, 1.165) is 23.5 Å². The summed E-state index contributed by atoms with van der Waals surface area (Å²) in [6.07, 6.45) is 0. The second-order valence-corrected chi connectivity index (χ2v) is 5.27. The molecule has 0 bridgehead atoms. The molecule has 21 heavy (non-hydrogen) atoms. The molecular formula is C14H14F2N2O2S. The molecule has 0 unspecified atom stereocenters. The van der Waals surface area contributed by atoms with Crippen molar-refractivity contribution in [2.45, 2.75) is 13.5 Å². The Morgan fingerprint density at radius 3 is 2.76 bits per heavy atom. The lowest BCUT2D eigenvalue weighted by Gasteiger charge is -2.04. The van der Waals surface area contributed by atoms with Gasteiger partial charge in [-0.25, -0.2) is 13.6 Å². The van der Waals surface area contributed by atoms with Gasteiger partial charge in [-0.2, -0.15) is 0 Å². The molecule has 0 aliphatic rings. The molecule has 2 rings (SSSR count). The summed E-state index contributed by atoms with van der Waals surface area (Å²) in [5.41, 5.74) is 6.65. The molecule has 0 fully saturated rings. The summed E-state index contributed by atoms with van der Waals surface area (Å²) in [6.45, 7) is 2.27. The number of carbonyl (C=O) groups excluding carboxylic acids is 1. The summed E-state index contributed by atoms with van der Waals surface area (Å²) < 4.78 is 30.8. The number of halogens is 2. The third kappa shape index (κ3) is 3.69. The minimum absolute atomic E-state index is 0.272. The fourth-order valence-corrected chi connectivity index (χ4v) is 2.56. The summed E-state index contributed by atoms with van der Waals surface area (Å²) in [6, 6.07) is 5.27. The molecule has 1 aromatic carbocycles. The predicted molar refractivity (Wildman–Crippen MR) is 78.4 cm³/mol. The molecule has 0 spiro atoms. The Morgan fingerprint density at radius 2 is 2.10 bits per heavy atom. The summed E-state index contributed by atoms with van der Waals surface area (Å²) in [5, 5.41) is 3.66. The maximum absolute atomic E-state index is 13.1. The molecule has 3 N–H and O–H groups in total. The molecule has 7 heteroatoms. The standard InChI is InChI=1S/C14H14F2N2O2S/c1-2-20-14(19)13-11(17)6-12(21-13)18-7-8-3-4-9(15)10(16)5-8/h3-6,18H,2,7,17H2,1H3. The van der Waals surface area contributed by atoms with Crippen LogP contribution in [0.2, 0.25) is 0 Å². The molecule has 0 amide bonds. The van der Waals surface area contributed by atoms with Crippen LogP contribution in [0.25, 0.3) is 0 Å². The summed E-state index contributed by atoms with van der Waals surface area (Å²) in [4.78, 5) is 11.9. The Bertz CT molecular complexity index is 658. The Kier molecular flexibility index (Phi) is 4.74. The van der Waals surface area contributed by atoms with Crippen LogP contribution in [0.1, 0.15) is 22.2 Å². The van der Waals surface area contributed by atoms with Crippen molar-refractivity contribution < 1.29 is 18.3 Å². The zero-order valence-electron chi connectivity index (χ0n) is 11.3. The summed E-state index contributed by atoms with van der Waals surface area (Å²) >= 11 is 1.16. The monoisotopic (exact) mass is 312 g/mol. The van der Waals surface area contributed by atoms with Gasteiger partial charge in [0.05, 0.1) is 17.3 Å². The Labute approximate surface area is 124 Å². The van der Waals surface area contributed by atoms with Crippen LogP contribution in [0.15, 0.2) is 24.3 Å². The molecule has 0 atom stereocenters. The van der Waals surface area contributed by atoms with E-state index in [1.54, 1.807) is 13.0 Å². The Hall–Kier alpha value is -2.15. The van der Waals surface area contributed by atoms with Crippen LogP contribution in [0.3, 0.4) is 0 Å². The maximum atomic E-state index is 13.1. The first-order valence-corrected chi connectivity index (χ1v) is 7.07. The van der Waals surface area contributed by atoms with E-state index < -0.39 is 17.6 Å². The number of nitrogen functional groups attached to an aromatic ring is 1. The van der Waals surface area contributed by atoms with Gasteiger partial charge in [0, 0.05) is 6.54 Å². The molecule has 2 aromatic rings. The van der Waals surface area contributed by atoms with Crippen molar-refractivity contribution in [2.75, 3.05) is 17.7 Å². The normalized spacial score (nSPS) is 10.4. The third-order valence-corrected chi connectivity index (χ3v) is 3.76. The van der Waals surface area contributed by atoms with Crippen LogP contribution >= 0.6 is 11.3 Å². The largest absolute Gasteiger partial charge is 0.462 e. The Balaban J connectivity index is 2.05. The molecular weight excluding hydrogens is 298 g/mol. The van der Waals surface area contributed by atoms with Crippen LogP contribution in [0.4, 0.5) is 19.5 Å². The lowest BCUT2D eigenvalue weighted by molar-refractivity contribution is 0.0533. The minimum atomic E-state index is -0.896. The molecule has 4 nitrogen and oxygen atoms in total. The van der Waals surface area contributed by atoms with Crippen molar-refractivity contribution in [3.8, 4) is 0 Å². The van der Waals surface area contributed by atoms with Crippen molar-refractivity contribution >= 4 is 28.0 Å². The van der Waals surface area contributed by atoms with Crippen molar-refractivity contribution in [2.24, 2.45) is 0 Å². The van der Waals surface area contributed by atoms with E-state index in [-0.39, 0.29) is 6.61 Å². The first kappa shape index (κ1) is 15.2. The quantitative estimate of drug-likeness (QED) is 0.831. The fraction of sp³-hybridized carbons (Fsp3) is 0.214. The molecule has 0 saturated heterocycles. The second kappa shape index (κ2) is 6.53. The van der Waals surface area contributed by atoms with Gasteiger partial charge in [-0.1, -0.05) is 6.07 Å². The predicted octanol–water partition coefficient (Wildman–Crippen LogP) is 3.40. The van der Waals surface area contributed by atoms with E-state index in [1.807, 2.05) is 0 Å². The highest BCUT2D eigenvalue weighted by Gasteiger charge is 2.15. The van der Waals surface area contributed by atoms with E-state index in [0.29, 0.717) is 27.7 Å². The van der Waals surface area contributed by atoms with Crippen LogP contribution in [0.5, 0.6) is 0 Å². The van der Waals surface area contributed by atoms with Gasteiger partial charge >= 0.3 is 5.97 Å². The van der Waals surface area contributed by atoms with E-state index in [9.17, 15) is 13.6 Å². The number of anilines is 2. The van der Waals surface area contributed by atoms with Gasteiger partial charge in [-0.05, 0) is 30.7 Å². The molecule has 1 heterocycles. The van der Waals surface area contributed by atoms with Crippen molar-refractivity contribution in [1.29, 1.82) is 0 Å². The van der Waals surface area contributed by atoms with Gasteiger partial charge in [0.1, 0.15) is 4.88 Å². The fourth-order valence-electron chi connectivity index (χ4n) is 1.69. The highest BCUT2D eigenvalue weighted by molar-refractivity contribution is 7.18. The zero-order valence-corrected chi connectivity index (χ0v) is 12.1. The van der Waals surface area contributed by atoms with E-state index in [1.165, 1.54) is 6.07 Å². The first-order chi connectivity index (χ1) is 10.0. The number of thiophene rings is 1. The minimum Gasteiger partial charge on any atom is -0.462 e. The SMILES string of the molecule is CCOC(=O)c1sc(NCc2ccc(F)c(F)c2)cc1N. The number of hydrogen-bond donors (Lipinski definition) is 2. The average Bonchev–Trinajstić information content (AvgIpc) is 2.82. The summed E-state index contributed by atoms with van der Waals surface area (Å²) in [5.74, 6) is -2.25. The lowest BCUT2D eigenvalue weighted by atomic mass is 10.2. The number of rotatable bonds is 5. The van der Waals surface area contributed by atoms with Crippen LogP contribution in [0, 0.1) is 11.6 Å². The van der Waals surface area contributed by atoms with E-state index in [2.05, 4.69) is 5.32 Å². The zero-order chi connectivity index (χ0) is 15.4. The second-order valence-electron chi connectivity index (χ2n) is 4.22. The van der Waals surface area contributed by atoms with Crippen LogP contribution in [-0.4, -0.2) is 12.6 Å². The molecule has 112 valence electrons. The highest BCUT2D eigenvalue weighted by Crippen LogP contribution is 2.30. The number of benzene rings is 1. The topological polar surface area (TPSA) is 64.3 Å². The van der Waals surface area contributed by atoms with Crippen molar-refractivity contribution in [3.63, 3.8) is 0 Å². The number of nitrogens with two attached hydrogens (primary N) is 1. The third-order valence-electron chi connectivity index (χ3n) is 2.67. The van der Waals surface area contributed by atoms with Gasteiger partial charge in [-0.15, -0.1) is 11.3 Å². The molecule has 0 aliphatic carbocycles. The van der Waals surface area contributed by atoms with Crippen LogP contribution in [-0.2, 0) is 11.3 Å². The number of ether oxygens (including phenoxy) is 1. The smallest absolute Gasteiger partial charge is 0.350 e. The molecule has 0 saturated carbocycles. The number of esters is 1.